The first-order valence-electron chi connectivity index (χ1n) is 6.94. The highest BCUT2D eigenvalue weighted by molar-refractivity contribution is 5.83. The fourth-order valence-electron chi connectivity index (χ4n) is 1.80. The molecule has 0 heterocycles. The van der Waals surface area contributed by atoms with Gasteiger partial charge in [-0.05, 0) is 46.5 Å². The first-order valence-corrected chi connectivity index (χ1v) is 6.94. The van der Waals surface area contributed by atoms with Crippen LogP contribution in [-0.2, 0) is 14.3 Å². The number of amides is 1. The van der Waals surface area contributed by atoms with E-state index in [0.717, 1.165) is 12.8 Å². The Morgan fingerprint density at radius 3 is 2.35 bits per heavy atom. The van der Waals surface area contributed by atoms with Crippen LogP contribution in [0.3, 0.4) is 0 Å². The molecule has 1 atom stereocenters. The van der Waals surface area contributed by atoms with Crippen LogP contribution < -0.4 is 5.32 Å². The zero-order valence-electron chi connectivity index (χ0n) is 12.3. The average molecular weight is 285 g/mol. The Labute approximate surface area is 118 Å². The molecule has 20 heavy (non-hydrogen) atoms. The highest BCUT2D eigenvalue weighted by Crippen LogP contribution is 2.31. The van der Waals surface area contributed by atoms with Crippen LogP contribution >= 0.6 is 0 Å². The summed E-state index contributed by atoms with van der Waals surface area (Å²) in [6.07, 6.45) is 2.23. The van der Waals surface area contributed by atoms with Gasteiger partial charge in [0.1, 0.15) is 17.4 Å². The van der Waals surface area contributed by atoms with Gasteiger partial charge in [-0.2, -0.15) is 0 Å². The molecule has 0 aromatic carbocycles. The molecule has 0 aromatic heterocycles. The summed E-state index contributed by atoms with van der Waals surface area (Å²) in [6, 6.07) is -1.02. The van der Waals surface area contributed by atoms with E-state index in [1.165, 1.54) is 0 Å². The van der Waals surface area contributed by atoms with E-state index in [9.17, 15) is 14.4 Å². The second kappa shape index (κ2) is 6.72. The number of rotatable bonds is 7. The third kappa shape index (κ3) is 6.54. The number of alkyl carbamates (subject to hydrolysis) is 1. The van der Waals surface area contributed by atoms with Gasteiger partial charge >= 0.3 is 12.1 Å². The van der Waals surface area contributed by atoms with Crippen LogP contribution in [0.15, 0.2) is 0 Å². The third-order valence-corrected chi connectivity index (χ3v) is 2.94. The van der Waals surface area contributed by atoms with Crippen LogP contribution in [0.5, 0.6) is 0 Å². The summed E-state index contributed by atoms with van der Waals surface area (Å²) in [4.78, 5) is 34.1. The standard InChI is InChI=1S/C14H23NO5/c1-14(2,3)20-13(19)15-10(12(17)18)5-4-6-11(16)9-7-8-9/h9-10H,4-8H2,1-3H3,(H,15,19)(H,17,18)/t10-/m0/s1. The number of ether oxygens (including phenoxy) is 1. The van der Waals surface area contributed by atoms with Gasteiger partial charge in [0.05, 0.1) is 0 Å². The van der Waals surface area contributed by atoms with Crippen LogP contribution in [0.2, 0.25) is 0 Å². The Hall–Kier alpha value is -1.59. The molecule has 1 rings (SSSR count). The number of ketones is 1. The lowest BCUT2D eigenvalue weighted by atomic mass is 10.1. The van der Waals surface area contributed by atoms with Crippen molar-refractivity contribution in [1.29, 1.82) is 0 Å². The lowest BCUT2D eigenvalue weighted by Crippen LogP contribution is -2.43. The van der Waals surface area contributed by atoms with Crippen molar-refractivity contribution in [2.24, 2.45) is 5.92 Å². The van der Waals surface area contributed by atoms with Crippen molar-refractivity contribution in [1.82, 2.24) is 5.32 Å². The summed E-state index contributed by atoms with van der Waals surface area (Å²) in [5.74, 6) is -0.724. The quantitative estimate of drug-likeness (QED) is 0.747. The van der Waals surface area contributed by atoms with Crippen molar-refractivity contribution in [2.75, 3.05) is 0 Å². The summed E-state index contributed by atoms with van der Waals surface area (Å²) in [5, 5.41) is 11.4. The molecule has 1 aliphatic rings. The van der Waals surface area contributed by atoms with Crippen LogP contribution in [0, 0.1) is 5.92 Å². The Balaban J connectivity index is 2.34. The normalized spacial score (nSPS) is 16.4. The van der Waals surface area contributed by atoms with E-state index in [1.807, 2.05) is 0 Å². The molecular weight excluding hydrogens is 262 g/mol. The average Bonchev–Trinajstić information content (AvgIpc) is 3.08. The minimum atomic E-state index is -1.12. The molecule has 6 heteroatoms. The van der Waals surface area contributed by atoms with Gasteiger partial charge in [0.15, 0.2) is 0 Å². The van der Waals surface area contributed by atoms with Gasteiger partial charge < -0.3 is 15.2 Å². The number of hydrogen-bond acceptors (Lipinski definition) is 4. The van der Waals surface area contributed by atoms with E-state index in [1.54, 1.807) is 20.8 Å². The van der Waals surface area contributed by atoms with E-state index in [0.29, 0.717) is 12.8 Å². The van der Waals surface area contributed by atoms with Crippen molar-refractivity contribution in [2.45, 2.75) is 64.5 Å². The molecule has 0 aliphatic heterocycles. The Kier molecular flexibility index (Phi) is 5.53. The van der Waals surface area contributed by atoms with E-state index < -0.39 is 23.7 Å². The van der Waals surface area contributed by atoms with Gasteiger partial charge in [-0.25, -0.2) is 9.59 Å². The minimum Gasteiger partial charge on any atom is -0.480 e. The van der Waals surface area contributed by atoms with Gasteiger partial charge in [-0.3, -0.25) is 4.79 Å². The first-order chi connectivity index (χ1) is 9.19. The second-order valence-corrected chi connectivity index (χ2v) is 6.17. The molecule has 1 fully saturated rings. The fraction of sp³-hybridized carbons (Fsp3) is 0.786. The number of nitrogens with one attached hydrogen (secondary N) is 1. The van der Waals surface area contributed by atoms with Crippen molar-refractivity contribution in [3.05, 3.63) is 0 Å². The van der Waals surface area contributed by atoms with Crippen LogP contribution in [0.25, 0.3) is 0 Å². The zero-order chi connectivity index (χ0) is 15.3. The van der Waals surface area contributed by atoms with E-state index in [4.69, 9.17) is 9.84 Å². The van der Waals surface area contributed by atoms with Gasteiger partial charge in [-0.15, -0.1) is 0 Å². The number of Topliss-reactive ketones (excluding diaryl/α,β-unsaturated/α-hetero) is 1. The Bertz CT molecular complexity index is 382. The summed E-state index contributed by atoms with van der Waals surface area (Å²) in [6.45, 7) is 5.12. The van der Waals surface area contributed by atoms with Crippen molar-refractivity contribution < 1.29 is 24.2 Å². The molecule has 6 nitrogen and oxygen atoms in total. The van der Waals surface area contributed by atoms with E-state index in [-0.39, 0.29) is 18.1 Å². The molecule has 1 aliphatic carbocycles. The lowest BCUT2D eigenvalue weighted by Gasteiger charge is -2.21. The maximum atomic E-state index is 11.5. The predicted octanol–water partition coefficient (Wildman–Crippen LogP) is 2.11. The van der Waals surface area contributed by atoms with Gasteiger partial charge in [-0.1, -0.05) is 0 Å². The van der Waals surface area contributed by atoms with Crippen molar-refractivity contribution in [3.8, 4) is 0 Å². The molecule has 114 valence electrons. The third-order valence-electron chi connectivity index (χ3n) is 2.94. The lowest BCUT2D eigenvalue weighted by molar-refractivity contribution is -0.139. The highest BCUT2D eigenvalue weighted by atomic mass is 16.6. The predicted molar refractivity (Wildman–Crippen MR) is 72.4 cm³/mol. The molecule has 0 aromatic rings. The van der Waals surface area contributed by atoms with E-state index >= 15 is 0 Å². The monoisotopic (exact) mass is 285 g/mol. The van der Waals surface area contributed by atoms with Crippen LogP contribution in [0.1, 0.15) is 52.9 Å². The molecule has 0 radical (unpaired) electrons. The van der Waals surface area contributed by atoms with Gasteiger partial charge in [0.2, 0.25) is 0 Å². The molecule has 1 saturated carbocycles. The van der Waals surface area contributed by atoms with Gasteiger partial charge in [0.25, 0.3) is 0 Å². The maximum Gasteiger partial charge on any atom is 0.408 e. The summed E-state index contributed by atoms with van der Waals surface area (Å²) < 4.78 is 5.01. The first kappa shape index (κ1) is 16.5. The number of hydrogen-bond donors (Lipinski definition) is 2. The summed E-state index contributed by atoms with van der Waals surface area (Å²) >= 11 is 0. The number of carbonyl (C=O) groups is 3. The van der Waals surface area contributed by atoms with Crippen LogP contribution in [-0.4, -0.2) is 34.6 Å². The molecule has 0 saturated heterocycles. The van der Waals surface area contributed by atoms with Crippen molar-refractivity contribution in [3.63, 3.8) is 0 Å². The van der Waals surface area contributed by atoms with Crippen molar-refractivity contribution >= 4 is 17.8 Å². The number of carboxylic acids is 1. The number of carbonyl (C=O) groups excluding carboxylic acids is 2. The molecule has 0 unspecified atom stereocenters. The Morgan fingerprint density at radius 1 is 1.30 bits per heavy atom. The molecular formula is C14H23NO5. The smallest absolute Gasteiger partial charge is 0.408 e. The maximum absolute atomic E-state index is 11.5. The molecule has 2 N–H and O–H groups in total. The van der Waals surface area contributed by atoms with Crippen LogP contribution in [0.4, 0.5) is 4.79 Å². The summed E-state index contributed by atoms with van der Waals surface area (Å²) in [7, 11) is 0. The highest BCUT2D eigenvalue weighted by Gasteiger charge is 2.29. The molecule has 1 amide bonds. The Morgan fingerprint density at radius 2 is 1.90 bits per heavy atom. The zero-order valence-corrected chi connectivity index (χ0v) is 12.3. The SMILES string of the molecule is CC(C)(C)OC(=O)N[C@@H](CCCC(=O)C1CC1)C(=O)O. The summed E-state index contributed by atoms with van der Waals surface area (Å²) in [5.41, 5.74) is -0.672. The minimum absolute atomic E-state index is 0.192. The number of aliphatic carboxylic acids is 1. The fourth-order valence-corrected chi connectivity index (χ4v) is 1.80. The molecule has 0 spiro atoms. The topological polar surface area (TPSA) is 92.7 Å². The largest absolute Gasteiger partial charge is 0.480 e. The molecule has 0 bridgehead atoms. The second-order valence-electron chi connectivity index (χ2n) is 6.17. The van der Waals surface area contributed by atoms with Gasteiger partial charge in [0, 0.05) is 12.3 Å². The van der Waals surface area contributed by atoms with E-state index in [2.05, 4.69) is 5.32 Å². The number of carboxylic acid groups (broad SMARTS) is 1.